The molecule has 2 heterocycles. The highest BCUT2D eigenvalue weighted by Crippen LogP contribution is 2.26. The van der Waals surface area contributed by atoms with Crippen LogP contribution in [0.1, 0.15) is 18.8 Å². The van der Waals surface area contributed by atoms with Crippen LogP contribution in [0.4, 0.5) is 5.82 Å². The largest absolute Gasteiger partial charge is 0.370 e. The van der Waals surface area contributed by atoms with Crippen LogP contribution in [-0.2, 0) is 4.74 Å². The highest BCUT2D eigenvalue weighted by molar-refractivity contribution is 5.93. The molecule has 0 aliphatic carbocycles. The number of nitrogens with one attached hydrogen (secondary N) is 2. The van der Waals surface area contributed by atoms with Gasteiger partial charge in [0.2, 0.25) is 0 Å². The molecule has 70 valence electrons. The van der Waals surface area contributed by atoms with Gasteiger partial charge in [-0.1, -0.05) is 0 Å². The van der Waals surface area contributed by atoms with Crippen LogP contribution in [0.25, 0.3) is 0 Å². The standard InChI is InChI=1S/C7H11N5O/c1-2-13-6-4-5(10-3-9-4)11-7(8)12-6/h3,6H,2H2,1H3,(H,9,10)(H3,8,11,12). The molecule has 0 radical (unpaired) electrons. The van der Waals surface area contributed by atoms with Crippen molar-refractivity contribution < 1.29 is 4.74 Å². The van der Waals surface area contributed by atoms with Crippen molar-refractivity contribution in [1.29, 1.82) is 0 Å². The van der Waals surface area contributed by atoms with E-state index < -0.39 is 0 Å². The van der Waals surface area contributed by atoms with Crippen LogP contribution < -0.4 is 11.1 Å². The second-order valence-electron chi connectivity index (χ2n) is 2.61. The summed E-state index contributed by atoms with van der Waals surface area (Å²) in [5, 5.41) is 2.83. The van der Waals surface area contributed by atoms with E-state index in [0.29, 0.717) is 18.4 Å². The first-order chi connectivity index (χ1) is 6.31. The lowest BCUT2D eigenvalue weighted by atomic mass is 10.3. The Morgan fingerprint density at radius 3 is 3.31 bits per heavy atom. The Morgan fingerprint density at radius 2 is 2.54 bits per heavy atom. The molecule has 4 N–H and O–H groups in total. The van der Waals surface area contributed by atoms with Gasteiger partial charge in [-0.25, -0.2) is 9.98 Å². The van der Waals surface area contributed by atoms with Gasteiger partial charge in [0.1, 0.15) is 5.69 Å². The number of hydrogen-bond acceptors (Lipinski definition) is 5. The molecular formula is C7H11N5O. The van der Waals surface area contributed by atoms with Crippen LogP contribution >= 0.6 is 0 Å². The van der Waals surface area contributed by atoms with Gasteiger partial charge in [-0.3, -0.25) is 0 Å². The lowest BCUT2D eigenvalue weighted by molar-refractivity contribution is 0.0662. The van der Waals surface area contributed by atoms with Crippen LogP contribution in [0.5, 0.6) is 0 Å². The molecule has 1 aromatic rings. The number of ether oxygens (including phenoxy) is 1. The first-order valence-electron chi connectivity index (χ1n) is 4.06. The smallest absolute Gasteiger partial charge is 0.197 e. The fourth-order valence-electron chi connectivity index (χ4n) is 1.22. The molecule has 0 bridgehead atoms. The average molecular weight is 181 g/mol. The van der Waals surface area contributed by atoms with E-state index >= 15 is 0 Å². The van der Waals surface area contributed by atoms with E-state index in [1.165, 1.54) is 0 Å². The number of aromatic nitrogens is 2. The Balaban J connectivity index is 2.30. The van der Waals surface area contributed by atoms with Crippen molar-refractivity contribution in [2.75, 3.05) is 11.9 Å². The first kappa shape index (κ1) is 8.06. The number of rotatable bonds is 2. The molecule has 0 amide bonds. The van der Waals surface area contributed by atoms with Gasteiger partial charge in [-0.2, -0.15) is 0 Å². The summed E-state index contributed by atoms with van der Waals surface area (Å²) < 4.78 is 5.36. The summed E-state index contributed by atoms with van der Waals surface area (Å²) in [7, 11) is 0. The monoisotopic (exact) mass is 181 g/mol. The summed E-state index contributed by atoms with van der Waals surface area (Å²) in [6.45, 7) is 2.49. The van der Waals surface area contributed by atoms with Crippen molar-refractivity contribution in [3.05, 3.63) is 12.0 Å². The third-order valence-corrected chi connectivity index (χ3v) is 1.74. The molecule has 1 atom stereocenters. The molecule has 1 aliphatic rings. The normalized spacial score (nSPS) is 20.4. The first-order valence-corrected chi connectivity index (χ1v) is 4.06. The summed E-state index contributed by atoms with van der Waals surface area (Å²) in [6, 6.07) is 0. The number of anilines is 1. The minimum absolute atomic E-state index is 0.332. The zero-order valence-corrected chi connectivity index (χ0v) is 7.24. The molecule has 0 spiro atoms. The van der Waals surface area contributed by atoms with E-state index in [0.717, 1.165) is 5.69 Å². The number of aliphatic imine (C=N–C) groups is 1. The predicted molar refractivity (Wildman–Crippen MR) is 48.2 cm³/mol. The van der Waals surface area contributed by atoms with Crippen molar-refractivity contribution in [2.24, 2.45) is 10.7 Å². The van der Waals surface area contributed by atoms with Gasteiger partial charge in [0.05, 0.1) is 6.33 Å². The Morgan fingerprint density at radius 1 is 1.69 bits per heavy atom. The summed E-state index contributed by atoms with van der Waals surface area (Å²) in [5.41, 5.74) is 6.35. The van der Waals surface area contributed by atoms with Crippen molar-refractivity contribution >= 4 is 11.8 Å². The topological polar surface area (TPSA) is 88.3 Å². The van der Waals surface area contributed by atoms with Gasteiger partial charge in [0, 0.05) is 6.61 Å². The fraction of sp³-hybridized carbons (Fsp3) is 0.429. The van der Waals surface area contributed by atoms with Crippen molar-refractivity contribution in [2.45, 2.75) is 13.2 Å². The average Bonchev–Trinajstić information content (AvgIpc) is 2.52. The number of imidazole rings is 1. The molecule has 1 aliphatic heterocycles. The Kier molecular flexibility index (Phi) is 1.90. The summed E-state index contributed by atoms with van der Waals surface area (Å²) in [4.78, 5) is 11.1. The SMILES string of the molecule is CCOC1N=C(N)Nc2nc[nH]c21. The Hall–Kier alpha value is -1.56. The molecule has 0 saturated heterocycles. The quantitative estimate of drug-likeness (QED) is 0.607. The molecule has 1 unspecified atom stereocenters. The number of hydrogen-bond donors (Lipinski definition) is 3. The Labute approximate surface area is 75.2 Å². The van der Waals surface area contributed by atoms with E-state index in [9.17, 15) is 0 Å². The number of guanidine groups is 1. The van der Waals surface area contributed by atoms with E-state index in [-0.39, 0.29) is 6.23 Å². The second-order valence-corrected chi connectivity index (χ2v) is 2.61. The molecule has 13 heavy (non-hydrogen) atoms. The fourth-order valence-corrected chi connectivity index (χ4v) is 1.22. The highest BCUT2D eigenvalue weighted by atomic mass is 16.5. The molecule has 0 saturated carbocycles. The second kappa shape index (κ2) is 3.06. The van der Waals surface area contributed by atoms with Crippen LogP contribution in [-0.4, -0.2) is 22.5 Å². The highest BCUT2D eigenvalue weighted by Gasteiger charge is 2.22. The maximum Gasteiger partial charge on any atom is 0.197 e. The maximum atomic E-state index is 5.53. The summed E-state index contributed by atoms with van der Waals surface area (Å²) >= 11 is 0. The van der Waals surface area contributed by atoms with Gasteiger partial charge >= 0.3 is 0 Å². The van der Waals surface area contributed by atoms with E-state index in [1.54, 1.807) is 6.33 Å². The van der Waals surface area contributed by atoms with Crippen LogP contribution in [0, 0.1) is 0 Å². The lowest BCUT2D eigenvalue weighted by Gasteiger charge is -2.18. The predicted octanol–water partition coefficient (Wildman–Crippen LogP) is 0.185. The minimum Gasteiger partial charge on any atom is -0.370 e. The molecule has 2 rings (SSSR count). The Bertz CT molecular complexity index is 331. The number of nitrogens with zero attached hydrogens (tertiary/aromatic N) is 2. The van der Waals surface area contributed by atoms with E-state index in [1.807, 2.05) is 6.92 Å². The van der Waals surface area contributed by atoms with Gasteiger partial charge in [-0.15, -0.1) is 0 Å². The lowest BCUT2D eigenvalue weighted by Crippen LogP contribution is -2.28. The van der Waals surface area contributed by atoms with Crippen LogP contribution in [0.3, 0.4) is 0 Å². The summed E-state index contributed by atoms with van der Waals surface area (Å²) in [5.74, 6) is 1.02. The van der Waals surface area contributed by atoms with E-state index in [4.69, 9.17) is 10.5 Å². The number of nitrogens with two attached hydrogens (primary N) is 1. The van der Waals surface area contributed by atoms with Crippen LogP contribution in [0.2, 0.25) is 0 Å². The van der Waals surface area contributed by atoms with Gasteiger partial charge < -0.3 is 20.8 Å². The molecule has 6 nitrogen and oxygen atoms in total. The van der Waals surface area contributed by atoms with Crippen molar-refractivity contribution in [1.82, 2.24) is 9.97 Å². The molecule has 6 heteroatoms. The third-order valence-electron chi connectivity index (χ3n) is 1.74. The molecule has 1 aromatic heterocycles. The number of fused-ring (bicyclic) bond motifs is 1. The van der Waals surface area contributed by atoms with Crippen molar-refractivity contribution in [3.63, 3.8) is 0 Å². The number of aromatic amines is 1. The summed E-state index contributed by atoms with van der Waals surface area (Å²) in [6.07, 6.45) is 1.22. The van der Waals surface area contributed by atoms with Gasteiger partial charge in [-0.05, 0) is 6.92 Å². The van der Waals surface area contributed by atoms with Crippen LogP contribution in [0.15, 0.2) is 11.3 Å². The van der Waals surface area contributed by atoms with E-state index in [2.05, 4.69) is 20.3 Å². The molecule has 0 aromatic carbocycles. The van der Waals surface area contributed by atoms with Gasteiger partial charge in [0.15, 0.2) is 18.0 Å². The minimum atomic E-state index is -0.358. The van der Waals surface area contributed by atoms with Crippen molar-refractivity contribution in [3.8, 4) is 0 Å². The van der Waals surface area contributed by atoms with Gasteiger partial charge in [0.25, 0.3) is 0 Å². The maximum absolute atomic E-state index is 5.53. The zero-order valence-electron chi connectivity index (χ0n) is 7.24. The molecular weight excluding hydrogens is 170 g/mol. The molecule has 0 fully saturated rings. The zero-order chi connectivity index (χ0) is 9.26. The number of H-pyrrole nitrogens is 1. The third kappa shape index (κ3) is 1.35.